The van der Waals surface area contributed by atoms with E-state index in [4.69, 9.17) is 4.74 Å². The lowest BCUT2D eigenvalue weighted by molar-refractivity contribution is -0.118. The van der Waals surface area contributed by atoms with Gasteiger partial charge < -0.3 is 9.64 Å². The SMILES string of the molecule is COc1cccc(C(=O)CCC(=O)N2CC(C)Cc3ccccc32)c1. The third kappa shape index (κ3) is 3.90. The molecule has 0 saturated heterocycles. The van der Waals surface area contributed by atoms with Crippen molar-refractivity contribution in [2.75, 3.05) is 18.6 Å². The van der Waals surface area contributed by atoms with Crippen molar-refractivity contribution in [2.45, 2.75) is 26.2 Å². The zero-order chi connectivity index (χ0) is 17.8. The molecule has 1 atom stereocenters. The van der Waals surface area contributed by atoms with Gasteiger partial charge in [-0.25, -0.2) is 0 Å². The molecule has 1 aliphatic rings. The van der Waals surface area contributed by atoms with Crippen molar-refractivity contribution < 1.29 is 14.3 Å². The first-order valence-corrected chi connectivity index (χ1v) is 8.64. The van der Waals surface area contributed by atoms with Crippen molar-refractivity contribution >= 4 is 17.4 Å². The second-order valence-corrected chi connectivity index (χ2v) is 6.60. The molecule has 1 amide bonds. The topological polar surface area (TPSA) is 46.6 Å². The zero-order valence-electron chi connectivity index (χ0n) is 14.7. The molecule has 25 heavy (non-hydrogen) atoms. The Morgan fingerprint density at radius 3 is 2.72 bits per heavy atom. The molecule has 4 nitrogen and oxygen atoms in total. The molecule has 0 aromatic heterocycles. The molecule has 3 rings (SSSR count). The maximum Gasteiger partial charge on any atom is 0.227 e. The third-order valence-corrected chi connectivity index (χ3v) is 4.60. The number of ether oxygens (including phenoxy) is 1. The number of amides is 1. The Morgan fingerprint density at radius 1 is 1.12 bits per heavy atom. The van der Waals surface area contributed by atoms with Crippen LogP contribution >= 0.6 is 0 Å². The van der Waals surface area contributed by atoms with Crippen LogP contribution in [0, 0.1) is 5.92 Å². The minimum absolute atomic E-state index is 0.00949. The zero-order valence-corrected chi connectivity index (χ0v) is 14.7. The number of para-hydroxylation sites is 1. The fourth-order valence-corrected chi connectivity index (χ4v) is 3.33. The molecule has 0 aliphatic carbocycles. The van der Waals surface area contributed by atoms with E-state index >= 15 is 0 Å². The highest BCUT2D eigenvalue weighted by Crippen LogP contribution is 2.30. The van der Waals surface area contributed by atoms with Gasteiger partial charge >= 0.3 is 0 Å². The van der Waals surface area contributed by atoms with Gasteiger partial charge in [0.1, 0.15) is 5.75 Å². The molecule has 4 heteroatoms. The summed E-state index contributed by atoms with van der Waals surface area (Å²) in [6.07, 6.45) is 1.42. The molecule has 0 N–H and O–H groups in total. The summed E-state index contributed by atoms with van der Waals surface area (Å²) in [5.74, 6) is 1.05. The smallest absolute Gasteiger partial charge is 0.227 e. The molecule has 2 aromatic rings. The average molecular weight is 337 g/mol. The second-order valence-electron chi connectivity index (χ2n) is 6.60. The predicted molar refractivity (Wildman–Crippen MR) is 98.2 cm³/mol. The van der Waals surface area contributed by atoms with Crippen molar-refractivity contribution in [2.24, 2.45) is 5.92 Å². The first-order valence-electron chi connectivity index (χ1n) is 8.64. The van der Waals surface area contributed by atoms with E-state index < -0.39 is 0 Å². The van der Waals surface area contributed by atoms with E-state index in [9.17, 15) is 9.59 Å². The van der Waals surface area contributed by atoms with Crippen LogP contribution in [0.5, 0.6) is 5.75 Å². The maximum absolute atomic E-state index is 12.7. The molecule has 0 bridgehead atoms. The minimum Gasteiger partial charge on any atom is -0.497 e. The summed E-state index contributed by atoms with van der Waals surface area (Å²) in [5.41, 5.74) is 2.77. The number of carbonyl (C=O) groups excluding carboxylic acids is 2. The fraction of sp³-hybridized carbons (Fsp3) is 0.333. The summed E-state index contributed by atoms with van der Waals surface area (Å²) in [4.78, 5) is 26.9. The largest absolute Gasteiger partial charge is 0.497 e. The van der Waals surface area contributed by atoms with Gasteiger partial charge in [-0.3, -0.25) is 9.59 Å². The number of rotatable bonds is 5. The standard InChI is InChI=1S/C21H23NO3/c1-15-12-16-6-3-4-9-19(16)22(14-15)21(24)11-10-20(23)17-7-5-8-18(13-17)25-2/h3-9,13,15H,10-12,14H2,1-2H3. The Hall–Kier alpha value is -2.62. The maximum atomic E-state index is 12.7. The number of ketones is 1. The van der Waals surface area contributed by atoms with Gasteiger partial charge in [0.2, 0.25) is 5.91 Å². The van der Waals surface area contributed by atoms with Crippen LogP contribution in [0.15, 0.2) is 48.5 Å². The molecule has 1 unspecified atom stereocenters. The first kappa shape index (κ1) is 17.2. The number of fused-ring (bicyclic) bond motifs is 1. The number of hydrogen-bond acceptors (Lipinski definition) is 3. The minimum atomic E-state index is -0.0365. The summed E-state index contributed by atoms with van der Waals surface area (Å²) in [5, 5.41) is 0. The number of anilines is 1. The Balaban J connectivity index is 1.67. The van der Waals surface area contributed by atoms with E-state index in [2.05, 4.69) is 13.0 Å². The van der Waals surface area contributed by atoms with Gasteiger partial charge in [-0.05, 0) is 36.1 Å². The predicted octanol–water partition coefficient (Wildman–Crippen LogP) is 3.88. The number of benzene rings is 2. The van der Waals surface area contributed by atoms with Crippen LogP contribution in [0.3, 0.4) is 0 Å². The Kier molecular flexibility index (Phi) is 5.17. The number of hydrogen-bond donors (Lipinski definition) is 0. The summed E-state index contributed by atoms with van der Waals surface area (Å²) in [6, 6.07) is 15.1. The highest BCUT2D eigenvalue weighted by atomic mass is 16.5. The Bertz CT molecular complexity index is 784. The molecule has 1 heterocycles. The second kappa shape index (κ2) is 7.51. The molecule has 0 fully saturated rings. The van der Waals surface area contributed by atoms with Gasteiger partial charge in [-0.2, -0.15) is 0 Å². The first-order chi connectivity index (χ1) is 12.1. The summed E-state index contributed by atoms with van der Waals surface area (Å²) < 4.78 is 5.15. The monoisotopic (exact) mass is 337 g/mol. The Morgan fingerprint density at radius 2 is 1.92 bits per heavy atom. The summed E-state index contributed by atoms with van der Waals surface area (Å²) in [6.45, 7) is 2.86. The van der Waals surface area contributed by atoms with Crippen molar-refractivity contribution in [1.29, 1.82) is 0 Å². The number of Topliss-reactive ketones (excluding diaryl/α,β-unsaturated/α-hetero) is 1. The van der Waals surface area contributed by atoms with Crippen molar-refractivity contribution in [3.8, 4) is 5.75 Å². The number of methoxy groups -OCH3 is 1. The van der Waals surface area contributed by atoms with E-state index in [0.29, 0.717) is 23.8 Å². The molecule has 0 spiro atoms. The molecule has 1 aliphatic heterocycles. The molecule has 0 radical (unpaired) electrons. The van der Waals surface area contributed by atoms with Crippen molar-refractivity contribution in [1.82, 2.24) is 0 Å². The molecular weight excluding hydrogens is 314 g/mol. The van der Waals surface area contributed by atoms with E-state index in [1.54, 1.807) is 31.4 Å². The van der Waals surface area contributed by atoms with Gasteiger partial charge in [-0.1, -0.05) is 37.3 Å². The van der Waals surface area contributed by atoms with Crippen molar-refractivity contribution in [3.63, 3.8) is 0 Å². The van der Waals surface area contributed by atoms with Crippen LogP contribution < -0.4 is 9.64 Å². The Labute approximate surface area is 148 Å². The van der Waals surface area contributed by atoms with E-state index in [1.165, 1.54) is 5.56 Å². The van der Waals surface area contributed by atoms with Gasteiger partial charge in [-0.15, -0.1) is 0 Å². The highest BCUT2D eigenvalue weighted by Gasteiger charge is 2.26. The quantitative estimate of drug-likeness (QED) is 0.778. The van der Waals surface area contributed by atoms with Gasteiger partial charge in [0, 0.05) is 30.6 Å². The van der Waals surface area contributed by atoms with Crippen LogP contribution in [0.1, 0.15) is 35.7 Å². The fourth-order valence-electron chi connectivity index (χ4n) is 3.33. The number of nitrogens with zero attached hydrogens (tertiary/aromatic N) is 1. The average Bonchev–Trinajstić information content (AvgIpc) is 2.65. The van der Waals surface area contributed by atoms with Crippen LogP contribution in [-0.4, -0.2) is 25.3 Å². The van der Waals surface area contributed by atoms with Crippen LogP contribution in [-0.2, 0) is 11.2 Å². The number of carbonyl (C=O) groups is 2. The van der Waals surface area contributed by atoms with Gasteiger partial charge in [0.05, 0.1) is 7.11 Å². The molecule has 130 valence electrons. The summed E-state index contributed by atoms with van der Waals surface area (Å²) in [7, 11) is 1.57. The third-order valence-electron chi connectivity index (χ3n) is 4.60. The lowest BCUT2D eigenvalue weighted by Gasteiger charge is -2.33. The lowest BCUT2D eigenvalue weighted by atomic mass is 9.93. The lowest BCUT2D eigenvalue weighted by Crippen LogP contribution is -2.39. The normalized spacial score (nSPS) is 16.2. The van der Waals surface area contributed by atoms with Crippen LogP contribution in [0.4, 0.5) is 5.69 Å². The van der Waals surface area contributed by atoms with E-state index in [0.717, 1.165) is 12.1 Å². The highest BCUT2D eigenvalue weighted by molar-refractivity contribution is 6.01. The van der Waals surface area contributed by atoms with Crippen molar-refractivity contribution in [3.05, 3.63) is 59.7 Å². The van der Waals surface area contributed by atoms with E-state index in [-0.39, 0.29) is 24.5 Å². The van der Waals surface area contributed by atoms with Gasteiger partial charge in [0.25, 0.3) is 0 Å². The molecular formula is C21H23NO3. The van der Waals surface area contributed by atoms with E-state index in [1.807, 2.05) is 23.1 Å². The van der Waals surface area contributed by atoms with Crippen LogP contribution in [0.2, 0.25) is 0 Å². The van der Waals surface area contributed by atoms with Crippen LogP contribution in [0.25, 0.3) is 0 Å². The van der Waals surface area contributed by atoms with Gasteiger partial charge in [0.15, 0.2) is 5.78 Å². The summed E-state index contributed by atoms with van der Waals surface area (Å²) >= 11 is 0. The molecule has 0 saturated carbocycles. The molecule has 2 aromatic carbocycles.